The van der Waals surface area contributed by atoms with E-state index in [-0.39, 0.29) is 24.4 Å². The van der Waals surface area contributed by atoms with Gasteiger partial charge >= 0.3 is 6.09 Å². The van der Waals surface area contributed by atoms with E-state index in [1.54, 1.807) is 45.2 Å². The highest BCUT2D eigenvalue weighted by molar-refractivity contribution is 5.82. The molecule has 178 valence electrons. The molecule has 8 nitrogen and oxygen atoms in total. The van der Waals surface area contributed by atoms with Crippen molar-refractivity contribution in [3.05, 3.63) is 60.9 Å². The zero-order valence-electron chi connectivity index (χ0n) is 19.6. The van der Waals surface area contributed by atoms with Crippen molar-refractivity contribution in [1.29, 1.82) is 0 Å². The van der Waals surface area contributed by atoms with Gasteiger partial charge in [-0.15, -0.1) is 0 Å². The maximum atomic E-state index is 13.5. The Balaban J connectivity index is 1.50. The van der Waals surface area contributed by atoms with Crippen LogP contribution in [0.15, 0.2) is 55.1 Å². The van der Waals surface area contributed by atoms with Gasteiger partial charge in [0.05, 0.1) is 17.7 Å². The second-order valence-corrected chi connectivity index (χ2v) is 9.16. The molecule has 0 saturated carbocycles. The normalized spacial score (nSPS) is 14.2. The number of pyridine rings is 1. The summed E-state index contributed by atoms with van der Waals surface area (Å²) in [5.74, 6) is -0.392. The first-order valence-corrected chi connectivity index (χ1v) is 11.2. The number of carbonyl (C=O) groups excluding carboxylic acids is 2. The van der Waals surface area contributed by atoms with Crippen LogP contribution in [-0.2, 0) is 16.1 Å². The van der Waals surface area contributed by atoms with Gasteiger partial charge in [0.2, 0.25) is 5.91 Å². The molecule has 9 heteroatoms. The number of benzene rings is 1. The number of ether oxygens (including phenoxy) is 1. The van der Waals surface area contributed by atoms with Gasteiger partial charge in [0.15, 0.2) is 0 Å². The van der Waals surface area contributed by atoms with E-state index in [1.807, 2.05) is 32.9 Å². The van der Waals surface area contributed by atoms with E-state index in [2.05, 4.69) is 9.97 Å². The van der Waals surface area contributed by atoms with Crippen LogP contribution in [0, 0.1) is 5.82 Å². The molecule has 1 aromatic carbocycles. The molecule has 0 radical (unpaired) electrons. The summed E-state index contributed by atoms with van der Waals surface area (Å²) in [6, 6.07) is 9.82. The van der Waals surface area contributed by atoms with Crippen LogP contribution in [0.2, 0.25) is 0 Å². The molecule has 0 unspecified atom stereocenters. The smallest absolute Gasteiger partial charge is 0.410 e. The Bertz CT molecular complexity index is 1150. The molecule has 1 aliphatic rings. The third kappa shape index (κ3) is 5.41. The summed E-state index contributed by atoms with van der Waals surface area (Å²) in [5.41, 5.74) is 2.47. The number of piperazine rings is 1. The van der Waals surface area contributed by atoms with E-state index in [0.717, 1.165) is 16.8 Å². The third-order valence-corrected chi connectivity index (χ3v) is 5.50. The second kappa shape index (κ2) is 9.62. The van der Waals surface area contributed by atoms with E-state index in [9.17, 15) is 14.0 Å². The summed E-state index contributed by atoms with van der Waals surface area (Å²) in [6.45, 7) is 7.29. The molecule has 0 aliphatic carbocycles. The van der Waals surface area contributed by atoms with E-state index < -0.39 is 5.60 Å². The zero-order chi connectivity index (χ0) is 24.3. The van der Waals surface area contributed by atoms with E-state index in [4.69, 9.17) is 4.74 Å². The summed E-state index contributed by atoms with van der Waals surface area (Å²) in [7, 11) is 0. The summed E-state index contributed by atoms with van der Waals surface area (Å²) < 4.78 is 20.7. The van der Waals surface area contributed by atoms with Gasteiger partial charge in [-0.3, -0.25) is 9.78 Å². The summed E-state index contributed by atoms with van der Waals surface area (Å²) in [6.07, 6.45) is 4.62. The first-order valence-electron chi connectivity index (χ1n) is 11.2. The fourth-order valence-corrected chi connectivity index (χ4v) is 3.84. The first kappa shape index (κ1) is 23.4. The molecule has 34 heavy (non-hydrogen) atoms. The predicted molar refractivity (Wildman–Crippen MR) is 125 cm³/mol. The lowest BCUT2D eigenvalue weighted by molar-refractivity contribution is -0.133. The molecule has 1 aliphatic heterocycles. The quantitative estimate of drug-likeness (QED) is 0.585. The lowest BCUT2D eigenvalue weighted by atomic mass is 10.1. The van der Waals surface area contributed by atoms with Gasteiger partial charge in [-0.25, -0.2) is 14.2 Å². The second-order valence-electron chi connectivity index (χ2n) is 9.16. The van der Waals surface area contributed by atoms with Gasteiger partial charge in [-0.05, 0) is 57.2 Å². The van der Waals surface area contributed by atoms with Crippen LogP contribution in [0.1, 0.15) is 20.8 Å². The maximum absolute atomic E-state index is 13.5. The number of imidazole rings is 1. The lowest BCUT2D eigenvalue weighted by Gasteiger charge is -2.35. The van der Waals surface area contributed by atoms with Gasteiger partial charge < -0.3 is 19.1 Å². The fraction of sp³-hybridized carbons (Fsp3) is 0.360. The molecule has 0 bridgehead atoms. The van der Waals surface area contributed by atoms with E-state index in [1.165, 1.54) is 12.1 Å². The van der Waals surface area contributed by atoms with Crippen molar-refractivity contribution >= 4 is 12.0 Å². The van der Waals surface area contributed by atoms with Gasteiger partial charge in [0, 0.05) is 49.7 Å². The topological polar surface area (TPSA) is 80.6 Å². The van der Waals surface area contributed by atoms with Gasteiger partial charge in [0.1, 0.15) is 18.0 Å². The van der Waals surface area contributed by atoms with E-state index >= 15 is 0 Å². The number of carbonyl (C=O) groups is 2. The van der Waals surface area contributed by atoms with Crippen molar-refractivity contribution in [1.82, 2.24) is 24.3 Å². The maximum Gasteiger partial charge on any atom is 0.410 e. The molecular weight excluding hydrogens is 437 g/mol. The van der Waals surface area contributed by atoms with Crippen LogP contribution in [0.4, 0.5) is 9.18 Å². The summed E-state index contributed by atoms with van der Waals surface area (Å²) in [5, 5.41) is 0. The molecule has 2 amide bonds. The van der Waals surface area contributed by atoms with Crippen molar-refractivity contribution in [3.63, 3.8) is 0 Å². The molecule has 0 atom stereocenters. The minimum Gasteiger partial charge on any atom is -0.444 e. The number of hydrogen-bond donors (Lipinski definition) is 0. The van der Waals surface area contributed by atoms with Crippen LogP contribution in [-0.4, -0.2) is 68.1 Å². The molecule has 0 spiro atoms. The van der Waals surface area contributed by atoms with Crippen molar-refractivity contribution in [3.8, 4) is 22.5 Å². The molecule has 3 heterocycles. The molecular formula is C25H28FN5O3. The lowest BCUT2D eigenvalue weighted by Crippen LogP contribution is -2.52. The molecule has 1 fully saturated rings. The van der Waals surface area contributed by atoms with Crippen molar-refractivity contribution in [2.45, 2.75) is 32.9 Å². The molecule has 4 rings (SSSR count). The predicted octanol–water partition coefficient (Wildman–Crippen LogP) is 3.83. The Morgan fingerprint density at radius 3 is 2.18 bits per heavy atom. The fourth-order valence-electron chi connectivity index (χ4n) is 3.84. The third-order valence-electron chi connectivity index (χ3n) is 5.50. The number of nitrogens with zero attached hydrogens (tertiary/aromatic N) is 5. The number of amides is 2. The van der Waals surface area contributed by atoms with Crippen molar-refractivity contribution in [2.75, 3.05) is 26.2 Å². The zero-order valence-corrected chi connectivity index (χ0v) is 19.6. The van der Waals surface area contributed by atoms with E-state index in [0.29, 0.717) is 31.9 Å². The number of rotatable bonds is 4. The molecule has 0 N–H and O–H groups in total. The molecule has 3 aromatic rings. The number of halogens is 1. The van der Waals surface area contributed by atoms with Crippen LogP contribution in [0.5, 0.6) is 0 Å². The highest BCUT2D eigenvalue weighted by atomic mass is 19.1. The average Bonchev–Trinajstić information content (AvgIpc) is 3.22. The average molecular weight is 466 g/mol. The Morgan fingerprint density at radius 1 is 0.941 bits per heavy atom. The SMILES string of the molecule is CC(C)(C)OC(=O)N1CCN(C(=O)Cn2cnc(-c3ccc(F)cc3)c2-c2ccncc2)CC1. The van der Waals surface area contributed by atoms with Crippen LogP contribution in [0.3, 0.4) is 0 Å². The van der Waals surface area contributed by atoms with Crippen LogP contribution in [0.25, 0.3) is 22.5 Å². The summed E-state index contributed by atoms with van der Waals surface area (Å²) >= 11 is 0. The minimum absolute atomic E-state index is 0.0674. The van der Waals surface area contributed by atoms with Gasteiger partial charge in [-0.1, -0.05) is 0 Å². The summed E-state index contributed by atoms with van der Waals surface area (Å²) in [4.78, 5) is 37.4. The Morgan fingerprint density at radius 2 is 1.56 bits per heavy atom. The van der Waals surface area contributed by atoms with Crippen LogP contribution < -0.4 is 0 Å². The van der Waals surface area contributed by atoms with Gasteiger partial charge in [0.25, 0.3) is 0 Å². The highest BCUT2D eigenvalue weighted by Crippen LogP contribution is 2.31. The number of aromatic nitrogens is 3. The standard InChI is InChI=1S/C25H28FN5O3/c1-25(2,3)34-24(33)30-14-12-29(13-15-30)21(32)16-31-17-28-22(18-4-6-20(26)7-5-18)23(31)19-8-10-27-11-9-19/h4-11,17H,12-16H2,1-3H3. The van der Waals surface area contributed by atoms with Crippen molar-refractivity contribution in [2.24, 2.45) is 0 Å². The highest BCUT2D eigenvalue weighted by Gasteiger charge is 2.28. The minimum atomic E-state index is -0.558. The first-order chi connectivity index (χ1) is 16.2. The number of hydrogen-bond acceptors (Lipinski definition) is 5. The monoisotopic (exact) mass is 465 g/mol. The Labute approximate surface area is 198 Å². The Hall–Kier alpha value is -3.75. The largest absolute Gasteiger partial charge is 0.444 e. The van der Waals surface area contributed by atoms with Gasteiger partial charge in [-0.2, -0.15) is 0 Å². The molecule has 2 aromatic heterocycles. The Kier molecular flexibility index (Phi) is 6.63. The molecule has 1 saturated heterocycles. The van der Waals surface area contributed by atoms with Crippen LogP contribution >= 0.6 is 0 Å². The van der Waals surface area contributed by atoms with Crippen molar-refractivity contribution < 1.29 is 18.7 Å².